The van der Waals surface area contributed by atoms with Gasteiger partial charge in [-0.2, -0.15) is 0 Å². The summed E-state index contributed by atoms with van der Waals surface area (Å²) in [5.74, 6) is 0.304. The van der Waals surface area contributed by atoms with Gasteiger partial charge >= 0.3 is 0 Å². The van der Waals surface area contributed by atoms with Gasteiger partial charge in [-0.05, 0) is 39.0 Å². The number of amides is 2. The van der Waals surface area contributed by atoms with Gasteiger partial charge < -0.3 is 9.80 Å². The van der Waals surface area contributed by atoms with Gasteiger partial charge in [0.05, 0.1) is 6.54 Å². The van der Waals surface area contributed by atoms with Crippen LogP contribution >= 0.6 is 0 Å². The maximum Gasteiger partial charge on any atom is 0.242 e. The molecule has 2 saturated heterocycles. The molecule has 0 saturated carbocycles. The molecule has 4 nitrogen and oxygen atoms in total. The van der Waals surface area contributed by atoms with Crippen LogP contribution in [0.3, 0.4) is 0 Å². The quantitative estimate of drug-likeness (QED) is 0.768. The molecule has 1 atom stereocenters. The molecule has 2 aliphatic heterocycles. The summed E-state index contributed by atoms with van der Waals surface area (Å²) < 4.78 is 0. The lowest BCUT2D eigenvalue weighted by atomic mass is 10.0. The molecule has 0 N–H and O–H groups in total. The van der Waals surface area contributed by atoms with Gasteiger partial charge in [-0.25, -0.2) is 0 Å². The lowest BCUT2D eigenvalue weighted by Crippen LogP contribution is -2.48. The lowest BCUT2D eigenvalue weighted by molar-refractivity contribution is -0.142. The number of likely N-dealkylation sites (tertiary alicyclic amines) is 2. The molecular weight excluding hydrogens is 240 g/mol. The van der Waals surface area contributed by atoms with Crippen LogP contribution in [0.2, 0.25) is 0 Å². The average Bonchev–Trinajstić information content (AvgIpc) is 2.39. The fraction of sp³-hybridized carbons (Fsp3) is 0.867. The van der Waals surface area contributed by atoms with Gasteiger partial charge in [0.15, 0.2) is 0 Å². The van der Waals surface area contributed by atoms with Crippen molar-refractivity contribution in [1.82, 2.24) is 9.80 Å². The zero-order chi connectivity index (χ0) is 13.7. The normalized spacial score (nSPS) is 25.9. The molecule has 0 spiro atoms. The zero-order valence-electron chi connectivity index (χ0n) is 12.1. The van der Waals surface area contributed by atoms with Crippen LogP contribution in [0.5, 0.6) is 0 Å². The highest BCUT2D eigenvalue weighted by atomic mass is 16.2. The maximum absolute atomic E-state index is 12.4. The molecule has 0 radical (unpaired) electrons. The highest BCUT2D eigenvalue weighted by molar-refractivity contribution is 5.85. The summed E-state index contributed by atoms with van der Waals surface area (Å²) in [5.41, 5.74) is 0. The van der Waals surface area contributed by atoms with E-state index in [2.05, 4.69) is 6.92 Å². The zero-order valence-corrected chi connectivity index (χ0v) is 12.1. The molecule has 0 aromatic rings. The van der Waals surface area contributed by atoms with Gasteiger partial charge in [0.2, 0.25) is 11.8 Å². The van der Waals surface area contributed by atoms with E-state index in [1.165, 1.54) is 12.8 Å². The van der Waals surface area contributed by atoms with Gasteiger partial charge in [-0.1, -0.05) is 12.8 Å². The number of carbonyl (C=O) groups excluding carboxylic acids is 2. The summed E-state index contributed by atoms with van der Waals surface area (Å²) in [6, 6.07) is 0.339. The van der Waals surface area contributed by atoms with Crippen LogP contribution in [0.15, 0.2) is 0 Å². The van der Waals surface area contributed by atoms with E-state index in [-0.39, 0.29) is 11.8 Å². The van der Waals surface area contributed by atoms with Crippen LogP contribution < -0.4 is 0 Å². The number of rotatable bonds is 2. The predicted molar refractivity (Wildman–Crippen MR) is 74.7 cm³/mol. The lowest BCUT2D eigenvalue weighted by Gasteiger charge is -2.35. The third kappa shape index (κ3) is 3.95. The molecule has 0 bridgehead atoms. The minimum atomic E-state index is 0.140. The Morgan fingerprint density at radius 3 is 2.63 bits per heavy atom. The van der Waals surface area contributed by atoms with Crippen LogP contribution in [-0.2, 0) is 9.59 Å². The Morgan fingerprint density at radius 1 is 1.11 bits per heavy atom. The van der Waals surface area contributed by atoms with Gasteiger partial charge in [-0.3, -0.25) is 9.59 Å². The van der Waals surface area contributed by atoms with E-state index in [9.17, 15) is 9.59 Å². The van der Waals surface area contributed by atoms with Crippen molar-refractivity contribution in [3.05, 3.63) is 0 Å². The highest BCUT2D eigenvalue weighted by Crippen LogP contribution is 2.17. The molecule has 0 aliphatic carbocycles. The van der Waals surface area contributed by atoms with E-state index in [0.29, 0.717) is 19.0 Å². The van der Waals surface area contributed by atoms with Crippen LogP contribution in [0.4, 0.5) is 0 Å². The standard InChI is InChI=1S/C15H26N2O2/c1-13-8-5-7-11-17(13)15(19)12-16-10-6-3-2-4-9-14(16)18/h13H,2-12H2,1H3. The van der Waals surface area contributed by atoms with Gasteiger partial charge in [0.25, 0.3) is 0 Å². The van der Waals surface area contributed by atoms with Crippen molar-refractivity contribution in [3.63, 3.8) is 0 Å². The van der Waals surface area contributed by atoms with Crippen LogP contribution in [0, 0.1) is 0 Å². The Bertz CT molecular complexity index is 330. The first-order valence-corrected chi connectivity index (χ1v) is 7.76. The molecule has 0 aromatic heterocycles. The first-order valence-electron chi connectivity index (χ1n) is 7.76. The van der Waals surface area contributed by atoms with Gasteiger partial charge in [0, 0.05) is 25.6 Å². The maximum atomic E-state index is 12.4. The molecule has 19 heavy (non-hydrogen) atoms. The number of piperidine rings is 1. The summed E-state index contributed by atoms with van der Waals surface area (Å²) in [7, 11) is 0. The van der Waals surface area contributed by atoms with E-state index in [0.717, 1.165) is 45.2 Å². The third-order valence-corrected chi connectivity index (χ3v) is 4.37. The van der Waals surface area contributed by atoms with E-state index in [4.69, 9.17) is 0 Å². The van der Waals surface area contributed by atoms with Crippen molar-refractivity contribution in [2.75, 3.05) is 19.6 Å². The minimum absolute atomic E-state index is 0.140. The number of carbonyl (C=O) groups is 2. The fourth-order valence-electron chi connectivity index (χ4n) is 3.11. The van der Waals surface area contributed by atoms with Crippen LogP contribution in [0.25, 0.3) is 0 Å². The Hall–Kier alpha value is -1.06. The van der Waals surface area contributed by atoms with Crippen LogP contribution in [-0.4, -0.2) is 47.3 Å². The fourth-order valence-corrected chi connectivity index (χ4v) is 3.11. The van der Waals surface area contributed by atoms with E-state index < -0.39 is 0 Å². The first-order chi connectivity index (χ1) is 9.18. The largest absolute Gasteiger partial charge is 0.338 e. The first kappa shape index (κ1) is 14.4. The van der Waals surface area contributed by atoms with Crippen molar-refractivity contribution in [1.29, 1.82) is 0 Å². The van der Waals surface area contributed by atoms with Crippen LogP contribution in [0.1, 0.15) is 58.3 Å². The predicted octanol–water partition coefficient (Wildman–Crippen LogP) is 2.18. The van der Waals surface area contributed by atoms with Crippen molar-refractivity contribution in [2.24, 2.45) is 0 Å². The Kier molecular flexibility index (Phi) is 5.23. The summed E-state index contributed by atoms with van der Waals surface area (Å²) >= 11 is 0. The SMILES string of the molecule is CC1CCCCN1C(=O)CN1CCCCCCC1=O. The van der Waals surface area contributed by atoms with Crippen molar-refractivity contribution in [2.45, 2.75) is 64.3 Å². The van der Waals surface area contributed by atoms with Gasteiger partial charge in [-0.15, -0.1) is 0 Å². The third-order valence-electron chi connectivity index (χ3n) is 4.37. The molecule has 2 heterocycles. The summed E-state index contributed by atoms with van der Waals surface area (Å²) in [6.45, 7) is 4.03. The van der Waals surface area contributed by atoms with Crippen molar-refractivity contribution in [3.8, 4) is 0 Å². The number of nitrogens with zero attached hydrogens (tertiary/aromatic N) is 2. The topological polar surface area (TPSA) is 40.6 Å². The summed E-state index contributed by atoms with van der Waals surface area (Å²) in [4.78, 5) is 28.1. The molecule has 1 unspecified atom stereocenters. The minimum Gasteiger partial charge on any atom is -0.338 e. The Balaban J connectivity index is 1.90. The molecule has 4 heteroatoms. The van der Waals surface area contributed by atoms with E-state index >= 15 is 0 Å². The summed E-state index contributed by atoms with van der Waals surface area (Å²) in [6.07, 6.45) is 8.37. The molecule has 108 valence electrons. The molecule has 2 aliphatic rings. The molecule has 2 rings (SSSR count). The summed E-state index contributed by atoms with van der Waals surface area (Å²) in [5, 5.41) is 0. The smallest absolute Gasteiger partial charge is 0.242 e. The second-order valence-electron chi connectivity index (χ2n) is 5.91. The second kappa shape index (κ2) is 6.92. The molecule has 2 amide bonds. The molecule has 2 fully saturated rings. The molecule has 0 aromatic carbocycles. The van der Waals surface area contributed by atoms with Crippen molar-refractivity contribution >= 4 is 11.8 Å². The van der Waals surface area contributed by atoms with E-state index in [1.807, 2.05) is 4.90 Å². The molecular formula is C15H26N2O2. The Morgan fingerprint density at radius 2 is 1.84 bits per heavy atom. The Labute approximate surface area is 116 Å². The monoisotopic (exact) mass is 266 g/mol. The van der Waals surface area contributed by atoms with E-state index in [1.54, 1.807) is 4.90 Å². The second-order valence-corrected chi connectivity index (χ2v) is 5.91. The average molecular weight is 266 g/mol. The number of hydrogen-bond donors (Lipinski definition) is 0. The highest BCUT2D eigenvalue weighted by Gasteiger charge is 2.26. The van der Waals surface area contributed by atoms with Gasteiger partial charge in [0.1, 0.15) is 0 Å². The van der Waals surface area contributed by atoms with Crippen molar-refractivity contribution < 1.29 is 9.59 Å². The number of hydrogen-bond acceptors (Lipinski definition) is 2.